The normalized spacial score (nSPS) is 24.1. The summed E-state index contributed by atoms with van der Waals surface area (Å²) in [6.45, 7) is 2.90. The summed E-state index contributed by atoms with van der Waals surface area (Å²) in [6.07, 6.45) is 6.76. The summed E-state index contributed by atoms with van der Waals surface area (Å²) >= 11 is 3.54. The van der Waals surface area contributed by atoms with Crippen LogP contribution in [0.1, 0.15) is 44.6 Å². The molecule has 2 unspecified atom stereocenters. The molecular weight excluding hydrogens is 290 g/mol. The van der Waals surface area contributed by atoms with Gasteiger partial charge in [0.2, 0.25) is 0 Å². The summed E-state index contributed by atoms with van der Waals surface area (Å²) in [4.78, 5) is 0. The average molecular weight is 312 g/mol. The van der Waals surface area contributed by atoms with Crippen LogP contribution in [0.15, 0.2) is 22.7 Å². The van der Waals surface area contributed by atoms with E-state index in [1.165, 1.54) is 32.1 Å². The van der Waals surface area contributed by atoms with E-state index in [9.17, 15) is 0 Å². The van der Waals surface area contributed by atoms with E-state index in [0.29, 0.717) is 12.7 Å². The van der Waals surface area contributed by atoms with E-state index in [1.54, 1.807) is 0 Å². The second-order valence-electron chi connectivity index (χ2n) is 5.18. The molecule has 0 aromatic heterocycles. The Kier molecular flexibility index (Phi) is 5.07. The Labute approximate surface area is 118 Å². The second-order valence-corrected chi connectivity index (χ2v) is 6.04. The fraction of sp³-hybridized carbons (Fsp3) is 0.600. The Balaban J connectivity index is 1.91. The quantitative estimate of drug-likeness (QED) is 0.830. The largest absolute Gasteiger partial charge is 0.398 e. The molecule has 18 heavy (non-hydrogen) atoms. The van der Waals surface area contributed by atoms with Gasteiger partial charge >= 0.3 is 0 Å². The highest BCUT2D eigenvalue weighted by Crippen LogP contribution is 2.30. The molecule has 0 spiro atoms. The molecule has 0 bridgehead atoms. The van der Waals surface area contributed by atoms with Crippen LogP contribution in [0, 0.1) is 5.92 Å². The first-order valence-corrected chi connectivity index (χ1v) is 7.64. The van der Waals surface area contributed by atoms with Crippen molar-refractivity contribution in [2.24, 2.45) is 5.92 Å². The Morgan fingerprint density at radius 1 is 1.39 bits per heavy atom. The molecule has 2 N–H and O–H groups in total. The molecule has 1 aromatic carbocycles. The second kappa shape index (κ2) is 6.58. The third kappa shape index (κ3) is 3.48. The van der Waals surface area contributed by atoms with Crippen molar-refractivity contribution < 1.29 is 4.74 Å². The van der Waals surface area contributed by atoms with Crippen LogP contribution in [0.5, 0.6) is 0 Å². The van der Waals surface area contributed by atoms with E-state index in [2.05, 4.69) is 22.9 Å². The lowest BCUT2D eigenvalue weighted by atomic mass is 9.85. The monoisotopic (exact) mass is 311 g/mol. The minimum Gasteiger partial charge on any atom is -0.398 e. The Hall–Kier alpha value is -0.540. The van der Waals surface area contributed by atoms with Crippen LogP contribution in [0.2, 0.25) is 0 Å². The van der Waals surface area contributed by atoms with E-state index in [-0.39, 0.29) is 0 Å². The first-order valence-electron chi connectivity index (χ1n) is 6.85. The molecule has 2 atom stereocenters. The lowest BCUT2D eigenvalue weighted by molar-refractivity contribution is 0.00179. The van der Waals surface area contributed by atoms with E-state index in [0.717, 1.165) is 21.6 Å². The van der Waals surface area contributed by atoms with Crippen molar-refractivity contribution in [3.8, 4) is 0 Å². The summed E-state index contributed by atoms with van der Waals surface area (Å²) in [7, 11) is 0. The van der Waals surface area contributed by atoms with Gasteiger partial charge in [0.15, 0.2) is 0 Å². The third-order valence-corrected chi connectivity index (χ3v) is 4.67. The summed E-state index contributed by atoms with van der Waals surface area (Å²) < 4.78 is 7.10. The van der Waals surface area contributed by atoms with Gasteiger partial charge in [-0.2, -0.15) is 0 Å². The number of anilines is 1. The molecular formula is C15H22BrNO. The van der Waals surface area contributed by atoms with Crippen LogP contribution < -0.4 is 5.73 Å². The number of benzene rings is 1. The number of halogens is 1. The zero-order valence-electron chi connectivity index (χ0n) is 11.0. The highest BCUT2D eigenvalue weighted by Gasteiger charge is 2.21. The third-order valence-electron chi connectivity index (χ3n) is 3.93. The van der Waals surface area contributed by atoms with Gasteiger partial charge in [-0.05, 0) is 30.9 Å². The summed E-state index contributed by atoms with van der Waals surface area (Å²) in [6, 6.07) is 5.90. The number of hydrogen-bond donors (Lipinski definition) is 1. The molecule has 0 amide bonds. The van der Waals surface area contributed by atoms with Crippen LogP contribution in [0.4, 0.5) is 5.69 Å². The zero-order valence-corrected chi connectivity index (χ0v) is 12.6. The SMILES string of the molecule is CCC1CCCC(OCc2c(N)cccc2Br)C1. The Bertz CT molecular complexity index is 374. The topological polar surface area (TPSA) is 35.2 Å². The summed E-state index contributed by atoms with van der Waals surface area (Å²) in [5.41, 5.74) is 7.87. The molecule has 0 heterocycles. The number of ether oxygens (including phenoxy) is 1. The average Bonchev–Trinajstić information content (AvgIpc) is 2.38. The minimum absolute atomic E-state index is 0.412. The maximum atomic E-state index is 6.05. The van der Waals surface area contributed by atoms with Crippen molar-refractivity contribution in [1.82, 2.24) is 0 Å². The first kappa shape index (κ1) is 13.9. The van der Waals surface area contributed by atoms with E-state index < -0.39 is 0 Å². The predicted octanol–water partition coefficient (Wildman–Crippen LogP) is 4.52. The molecule has 2 rings (SSSR count). The van der Waals surface area contributed by atoms with Gasteiger partial charge < -0.3 is 10.5 Å². The Morgan fingerprint density at radius 2 is 2.22 bits per heavy atom. The highest BCUT2D eigenvalue weighted by atomic mass is 79.9. The van der Waals surface area contributed by atoms with Gasteiger partial charge in [-0.1, -0.05) is 48.2 Å². The van der Waals surface area contributed by atoms with Crippen LogP contribution in [0.3, 0.4) is 0 Å². The maximum Gasteiger partial charge on any atom is 0.0751 e. The number of hydrogen-bond acceptors (Lipinski definition) is 2. The van der Waals surface area contributed by atoms with Gasteiger partial charge in [-0.3, -0.25) is 0 Å². The highest BCUT2D eigenvalue weighted by molar-refractivity contribution is 9.10. The van der Waals surface area contributed by atoms with Crippen LogP contribution in [-0.4, -0.2) is 6.10 Å². The molecule has 3 heteroatoms. The summed E-state index contributed by atoms with van der Waals surface area (Å²) in [5, 5.41) is 0. The van der Waals surface area contributed by atoms with Crippen molar-refractivity contribution in [3.05, 3.63) is 28.2 Å². The maximum absolute atomic E-state index is 6.05. The number of nitrogen functional groups attached to an aromatic ring is 1. The molecule has 0 radical (unpaired) electrons. The van der Waals surface area contributed by atoms with Gasteiger partial charge in [0.1, 0.15) is 0 Å². The Morgan fingerprint density at radius 3 is 2.94 bits per heavy atom. The van der Waals surface area contributed by atoms with Crippen molar-refractivity contribution in [3.63, 3.8) is 0 Å². The first-order chi connectivity index (χ1) is 8.70. The molecule has 0 saturated heterocycles. The van der Waals surface area contributed by atoms with Crippen molar-refractivity contribution in [1.29, 1.82) is 0 Å². The van der Waals surface area contributed by atoms with Gasteiger partial charge in [-0.25, -0.2) is 0 Å². The van der Waals surface area contributed by atoms with Gasteiger partial charge in [-0.15, -0.1) is 0 Å². The van der Waals surface area contributed by atoms with Crippen molar-refractivity contribution in [2.75, 3.05) is 5.73 Å². The van der Waals surface area contributed by atoms with Crippen molar-refractivity contribution >= 4 is 21.6 Å². The molecule has 1 aliphatic carbocycles. The lowest BCUT2D eigenvalue weighted by Gasteiger charge is -2.28. The fourth-order valence-electron chi connectivity index (χ4n) is 2.69. The standard InChI is InChI=1S/C15H22BrNO/c1-2-11-5-3-6-12(9-11)18-10-13-14(16)7-4-8-15(13)17/h4,7-8,11-12H,2-3,5-6,9-10,17H2,1H3. The minimum atomic E-state index is 0.412. The fourth-order valence-corrected chi connectivity index (χ4v) is 3.19. The van der Waals surface area contributed by atoms with Gasteiger partial charge in [0, 0.05) is 15.7 Å². The number of nitrogens with two attached hydrogens (primary N) is 1. The van der Waals surface area contributed by atoms with Crippen LogP contribution in [-0.2, 0) is 11.3 Å². The molecule has 2 nitrogen and oxygen atoms in total. The molecule has 1 aliphatic rings. The van der Waals surface area contributed by atoms with Crippen LogP contribution in [0.25, 0.3) is 0 Å². The van der Waals surface area contributed by atoms with Crippen LogP contribution >= 0.6 is 15.9 Å². The van der Waals surface area contributed by atoms with Crippen molar-refractivity contribution in [2.45, 2.75) is 51.7 Å². The molecule has 1 saturated carbocycles. The van der Waals surface area contributed by atoms with E-state index in [4.69, 9.17) is 10.5 Å². The van der Waals surface area contributed by atoms with E-state index in [1.807, 2.05) is 18.2 Å². The molecule has 100 valence electrons. The predicted molar refractivity (Wildman–Crippen MR) is 79.4 cm³/mol. The molecule has 1 aromatic rings. The van der Waals surface area contributed by atoms with Gasteiger partial charge in [0.05, 0.1) is 12.7 Å². The molecule has 0 aliphatic heterocycles. The smallest absolute Gasteiger partial charge is 0.0751 e. The zero-order chi connectivity index (χ0) is 13.0. The molecule has 1 fully saturated rings. The number of rotatable bonds is 4. The lowest BCUT2D eigenvalue weighted by Crippen LogP contribution is -2.22. The summed E-state index contributed by atoms with van der Waals surface area (Å²) in [5.74, 6) is 0.848. The van der Waals surface area contributed by atoms with Gasteiger partial charge in [0.25, 0.3) is 0 Å². The van der Waals surface area contributed by atoms with E-state index >= 15 is 0 Å².